The zero-order valence-corrected chi connectivity index (χ0v) is 16.0. The number of amides is 2. The van der Waals surface area contributed by atoms with Gasteiger partial charge in [-0.15, -0.1) is 0 Å². The molecule has 27 heavy (non-hydrogen) atoms. The van der Waals surface area contributed by atoms with Crippen LogP contribution in [0.4, 0.5) is 10.5 Å². The molecule has 1 aliphatic heterocycles. The Kier molecular flexibility index (Phi) is 5.22. The second-order valence-corrected chi connectivity index (χ2v) is 8.06. The molecule has 2 aromatic rings. The van der Waals surface area contributed by atoms with Gasteiger partial charge in [0.25, 0.3) is 0 Å². The third-order valence-corrected chi connectivity index (χ3v) is 5.06. The van der Waals surface area contributed by atoms with Crippen LogP contribution in [-0.2, 0) is 9.53 Å². The van der Waals surface area contributed by atoms with Gasteiger partial charge < -0.3 is 10.5 Å². The van der Waals surface area contributed by atoms with Crippen molar-refractivity contribution in [2.75, 3.05) is 12.3 Å². The molecule has 0 aliphatic carbocycles. The monoisotopic (exact) mass is 366 g/mol. The first kappa shape index (κ1) is 19.0. The lowest BCUT2D eigenvalue weighted by molar-refractivity contribution is -0.130. The molecule has 0 bridgehead atoms. The highest BCUT2D eigenvalue weighted by atomic mass is 16.6. The second-order valence-electron chi connectivity index (χ2n) is 8.06. The molecular formula is C22H26N2O3. The summed E-state index contributed by atoms with van der Waals surface area (Å²) in [5, 5.41) is 0. The first-order valence-electron chi connectivity index (χ1n) is 9.16. The summed E-state index contributed by atoms with van der Waals surface area (Å²) in [4.78, 5) is 26.7. The standard InChI is InChI=1S/C22H26N2O3/c1-22(2,3)18(16-10-7-11-17(23)12-16)13-20(25)24-19(14-27-21(24)26)15-8-5-4-6-9-15/h4-12,18-19H,13-14,23H2,1-3H3/t18-,19-/m0/s1. The lowest BCUT2D eigenvalue weighted by Gasteiger charge is -2.32. The summed E-state index contributed by atoms with van der Waals surface area (Å²) in [5.74, 6) is -0.299. The van der Waals surface area contributed by atoms with E-state index in [4.69, 9.17) is 10.5 Å². The van der Waals surface area contributed by atoms with Crippen molar-refractivity contribution in [3.8, 4) is 0 Å². The van der Waals surface area contributed by atoms with Gasteiger partial charge in [0.2, 0.25) is 5.91 Å². The van der Waals surface area contributed by atoms with Gasteiger partial charge in [-0.25, -0.2) is 9.69 Å². The molecule has 0 saturated carbocycles. The molecule has 2 N–H and O–H groups in total. The molecule has 142 valence electrons. The summed E-state index contributed by atoms with van der Waals surface area (Å²) in [6.07, 6.45) is -0.361. The van der Waals surface area contributed by atoms with Crippen molar-refractivity contribution >= 4 is 17.7 Å². The maximum absolute atomic E-state index is 13.1. The van der Waals surface area contributed by atoms with Crippen molar-refractivity contribution in [3.63, 3.8) is 0 Å². The minimum absolute atomic E-state index is 0.0710. The van der Waals surface area contributed by atoms with Crippen molar-refractivity contribution < 1.29 is 14.3 Å². The number of rotatable bonds is 4. The Morgan fingerprint density at radius 3 is 2.52 bits per heavy atom. The number of nitrogens with two attached hydrogens (primary N) is 1. The van der Waals surface area contributed by atoms with Crippen LogP contribution in [0.1, 0.15) is 50.3 Å². The molecule has 1 fully saturated rings. The van der Waals surface area contributed by atoms with Crippen molar-refractivity contribution in [2.24, 2.45) is 5.41 Å². The van der Waals surface area contributed by atoms with E-state index in [2.05, 4.69) is 20.8 Å². The van der Waals surface area contributed by atoms with E-state index < -0.39 is 6.09 Å². The van der Waals surface area contributed by atoms with Gasteiger partial charge >= 0.3 is 6.09 Å². The number of carbonyl (C=O) groups excluding carboxylic acids is 2. The zero-order valence-electron chi connectivity index (χ0n) is 16.0. The quantitative estimate of drug-likeness (QED) is 0.808. The fourth-order valence-corrected chi connectivity index (χ4v) is 3.59. The van der Waals surface area contributed by atoms with Crippen LogP contribution in [0.15, 0.2) is 54.6 Å². The normalized spacial score (nSPS) is 18.3. The molecule has 0 unspecified atom stereocenters. The Morgan fingerprint density at radius 1 is 1.19 bits per heavy atom. The number of anilines is 1. The number of benzene rings is 2. The number of hydrogen-bond donors (Lipinski definition) is 1. The lowest BCUT2D eigenvalue weighted by Crippen LogP contribution is -2.36. The number of hydrogen-bond acceptors (Lipinski definition) is 4. The number of cyclic esters (lactones) is 1. The van der Waals surface area contributed by atoms with Crippen molar-refractivity contribution in [3.05, 3.63) is 65.7 Å². The molecule has 0 radical (unpaired) electrons. The number of nitrogen functional groups attached to an aromatic ring is 1. The molecule has 1 heterocycles. The Hall–Kier alpha value is -2.82. The van der Waals surface area contributed by atoms with Crippen LogP contribution >= 0.6 is 0 Å². The highest BCUT2D eigenvalue weighted by Gasteiger charge is 2.40. The maximum Gasteiger partial charge on any atom is 0.417 e. The van der Waals surface area contributed by atoms with Crippen molar-refractivity contribution in [1.29, 1.82) is 0 Å². The van der Waals surface area contributed by atoms with E-state index in [-0.39, 0.29) is 36.3 Å². The van der Waals surface area contributed by atoms with Gasteiger partial charge in [0, 0.05) is 12.1 Å². The van der Waals surface area contributed by atoms with E-state index in [1.54, 1.807) is 0 Å². The van der Waals surface area contributed by atoms with Crippen LogP contribution < -0.4 is 5.73 Å². The molecule has 3 rings (SSSR count). The van der Waals surface area contributed by atoms with Gasteiger partial charge in [-0.3, -0.25) is 4.79 Å². The second kappa shape index (κ2) is 7.43. The van der Waals surface area contributed by atoms with Crippen LogP contribution in [-0.4, -0.2) is 23.5 Å². The van der Waals surface area contributed by atoms with E-state index in [0.29, 0.717) is 5.69 Å². The zero-order chi connectivity index (χ0) is 19.6. The smallest absolute Gasteiger partial charge is 0.417 e. The van der Waals surface area contributed by atoms with Gasteiger partial charge in [-0.05, 0) is 34.6 Å². The molecule has 1 aliphatic rings. The summed E-state index contributed by atoms with van der Waals surface area (Å²) in [6, 6.07) is 16.7. The first-order chi connectivity index (χ1) is 12.8. The summed E-state index contributed by atoms with van der Waals surface area (Å²) in [7, 11) is 0. The molecule has 2 aromatic carbocycles. The average Bonchev–Trinajstić information content (AvgIpc) is 3.01. The average molecular weight is 366 g/mol. The molecule has 1 saturated heterocycles. The molecule has 0 spiro atoms. The fourth-order valence-electron chi connectivity index (χ4n) is 3.59. The van der Waals surface area contributed by atoms with Crippen LogP contribution in [0.5, 0.6) is 0 Å². The summed E-state index contributed by atoms with van der Waals surface area (Å²) in [6.45, 7) is 6.45. The number of ether oxygens (including phenoxy) is 1. The fraction of sp³-hybridized carbons (Fsp3) is 0.364. The van der Waals surface area contributed by atoms with Gasteiger partial charge in [0.15, 0.2) is 0 Å². The van der Waals surface area contributed by atoms with Crippen LogP contribution in [0.3, 0.4) is 0 Å². The summed E-state index contributed by atoms with van der Waals surface area (Å²) >= 11 is 0. The molecule has 5 heteroatoms. The summed E-state index contributed by atoms with van der Waals surface area (Å²) in [5.41, 5.74) is 8.33. The molecule has 5 nitrogen and oxygen atoms in total. The highest BCUT2D eigenvalue weighted by Crippen LogP contribution is 2.40. The van der Waals surface area contributed by atoms with Crippen molar-refractivity contribution in [1.82, 2.24) is 4.90 Å². The summed E-state index contributed by atoms with van der Waals surface area (Å²) < 4.78 is 5.19. The Balaban J connectivity index is 1.87. The van der Waals surface area contributed by atoms with Gasteiger partial charge in [-0.2, -0.15) is 0 Å². The Bertz CT molecular complexity index is 827. The highest BCUT2D eigenvalue weighted by molar-refractivity contribution is 5.94. The first-order valence-corrected chi connectivity index (χ1v) is 9.16. The van der Waals surface area contributed by atoms with Crippen LogP contribution in [0.25, 0.3) is 0 Å². The lowest BCUT2D eigenvalue weighted by atomic mass is 9.74. The van der Waals surface area contributed by atoms with E-state index in [9.17, 15) is 9.59 Å². The van der Waals surface area contributed by atoms with Crippen molar-refractivity contribution in [2.45, 2.75) is 39.2 Å². The molecule has 2 atom stereocenters. The van der Waals surface area contributed by atoms with Gasteiger partial charge in [0.1, 0.15) is 12.6 Å². The minimum Gasteiger partial charge on any atom is -0.446 e. The van der Waals surface area contributed by atoms with E-state index in [0.717, 1.165) is 11.1 Å². The number of imide groups is 1. The largest absolute Gasteiger partial charge is 0.446 e. The number of carbonyl (C=O) groups is 2. The van der Waals surface area contributed by atoms with Gasteiger partial charge in [0.05, 0.1) is 0 Å². The Morgan fingerprint density at radius 2 is 1.89 bits per heavy atom. The third kappa shape index (κ3) is 4.13. The predicted molar refractivity (Wildman–Crippen MR) is 105 cm³/mol. The Labute approximate surface area is 160 Å². The minimum atomic E-state index is -0.575. The SMILES string of the molecule is CC(C)(C)[C@@H](CC(=O)N1C(=O)OC[C@H]1c1ccccc1)c1cccc(N)c1. The number of nitrogens with zero attached hydrogens (tertiary/aromatic N) is 1. The molecule has 2 amide bonds. The predicted octanol–water partition coefficient (Wildman–Crippen LogP) is 4.51. The molecular weight excluding hydrogens is 340 g/mol. The van der Waals surface area contributed by atoms with Crippen LogP contribution in [0, 0.1) is 5.41 Å². The van der Waals surface area contributed by atoms with E-state index >= 15 is 0 Å². The molecule has 0 aromatic heterocycles. The topological polar surface area (TPSA) is 72.6 Å². The maximum atomic E-state index is 13.1. The third-order valence-electron chi connectivity index (χ3n) is 5.06. The van der Waals surface area contributed by atoms with Crippen LogP contribution in [0.2, 0.25) is 0 Å². The van der Waals surface area contributed by atoms with Gasteiger partial charge in [-0.1, -0.05) is 63.2 Å². The van der Waals surface area contributed by atoms with E-state index in [1.807, 2.05) is 54.6 Å². The van der Waals surface area contributed by atoms with E-state index in [1.165, 1.54) is 4.90 Å².